The molecule has 0 bridgehead atoms. The molecule has 1 aromatic carbocycles. The Bertz CT molecular complexity index is 533. The minimum Gasteiger partial charge on any atom is -0.324 e. The van der Waals surface area contributed by atoms with Gasteiger partial charge in [0.1, 0.15) is 0 Å². The molecule has 1 N–H and O–H groups in total. The molecule has 0 spiro atoms. The second-order valence-corrected chi connectivity index (χ2v) is 5.63. The number of nitrogens with zero attached hydrogens (tertiary/aromatic N) is 1. The normalized spacial score (nSPS) is 19.5. The molecule has 0 aliphatic carbocycles. The van der Waals surface area contributed by atoms with Crippen LogP contribution in [0.2, 0.25) is 5.02 Å². The number of rotatable bonds is 1. The van der Waals surface area contributed by atoms with E-state index in [0.717, 1.165) is 5.56 Å². The van der Waals surface area contributed by atoms with Crippen LogP contribution < -0.4 is 5.32 Å². The third-order valence-electron chi connectivity index (χ3n) is 3.59. The molecular weight excluding hydrogens is 305 g/mol. The van der Waals surface area contributed by atoms with E-state index in [-0.39, 0.29) is 13.0 Å². The van der Waals surface area contributed by atoms with Crippen LogP contribution in [0.25, 0.3) is 0 Å². The zero-order valence-corrected chi connectivity index (χ0v) is 12.3. The molecule has 3 nitrogen and oxygen atoms in total. The minimum absolute atomic E-state index is 0.0731. The predicted octanol–water partition coefficient (Wildman–Crippen LogP) is 4.45. The Kier molecular flexibility index (Phi) is 4.66. The zero-order chi connectivity index (χ0) is 15.6. The van der Waals surface area contributed by atoms with Crippen molar-refractivity contribution in [3.8, 4) is 0 Å². The Morgan fingerprint density at radius 2 is 2.14 bits per heavy atom. The summed E-state index contributed by atoms with van der Waals surface area (Å²) in [5.41, 5.74) is 1.34. The zero-order valence-electron chi connectivity index (χ0n) is 11.5. The van der Waals surface area contributed by atoms with E-state index < -0.39 is 18.1 Å². The summed E-state index contributed by atoms with van der Waals surface area (Å²) in [6.07, 6.45) is -3.83. The first-order chi connectivity index (χ1) is 9.77. The molecule has 0 radical (unpaired) electrons. The maximum Gasteiger partial charge on any atom is 0.393 e. The Labute approximate surface area is 126 Å². The van der Waals surface area contributed by atoms with Gasteiger partial charge in [0, 0.05) is 23.8 Å². The van der Waals surface area contributed by atoms with Gasteiger partial charge in [-0.05, 0) is 37.5 Å². The molecule has 1 aliphatic rings. The van der Waals surface area contributed by atoms with Gasteiger partial charge in [-0.2, -0.15) is 13.2 Å². The lowest BCUT2D eigenvalue weighted by Gasteiger charge is -2.33. The third kappa shape index (κ3) is 4.03. The number of hydrogen-bond donors (Lipinski definition) is 1. The van der Waals surface area contributed by atoms with Crippen molar-refractivity contribution >= 4 is 23.3 Å². The molecule has 1 fully saturated rings. The van der Waals surface area contributed by atoms with Gasteiger partial charge in [0.05, 0.1) is 5.92 Å². The first-order valence-electron chi connectivity index (χ1n) is 6.66. The van der Waals surface area contributed by atoms with Gasteiger partial charge in [-0.3, -0.25) is 0 Å². The van der Waals surface area contributed by atoms with Gasteiger partial charge in [0.2, 0.25) is 0 Å². The number of nitrogens with one attached hydrogen (secondary N) is 1. The average Bonchev–Trinajstić information content (AvgIpc) is 2.42. The van der Waals surface area contributed by atoms with Gasteiger partial charge in [-0.25, -0.2) is 4.79 Å². The molecule has 1 aromatic rings. The topological polar surface area (TPSA) is 32.3 Å². The molecule has 0 saturated carbocycles. The Morgan fingerprint density at radius 3 is 2.76 bits per heavy atom. The number of carbonyl (C=O) groups excluding carboxylic acids is 1. The fourth-order valence-corrected chi connectivity index (χ4v) is 2.48. The molecule has 7 heteroatoms. The van der Waals surface area contributed by atoms with Crippen LogP contribution in [0.1, 0.15) is 18.4 Å². The standard InChI is InChI=1S/C14H16ClF3N2O/c1-9-4-5-11(7-12(9)15)19-13(21)20-6-2-3-10(8-20)14(16,17)18/h4-5,7,10H,2-3,6,8H2,1H3,(H,19,21). The smallest absolute Gasteiger partial charge is 0.324 e. The second kappa shape index (κ2) is 6.13. The monoisotopic (exact) mass is 320 g/mol. The van der Waals surface area contributed by atoms with E-state index in [2.05, 4.69) is 5.32 Å². The fourth-order valence-electron chi connectivity index (χ4n) is 2.30. The molecule has 1 aliphatic heterocycles. The fraction of sp³-hybridized carbons (Fsp3) is 0.500. The number of hydrogen-bond acceptors (Lipinski definition) is 1. The SMILES string of the molecule is Cc1ccc(NC(=O)N2CCCC(C(F)(F)F)C2)cc1Cl. The van der Waals surface area contributed by atoms with E-state index in [9.17, 15) is 18.0 Å². The van der Waals surface area contributed by atoms with Gasteiger partial charge in [-0.15, -0.1) is 0 Å². The number of likely N-dealkylation sites (tertiary alicyclic amines) is 1. The van der Waals surface area contributed by atoms with E-state index in [1.165, 1.54) is 4.90 Å². The van der Waals surface area contributed by atoms with Crippen LogP contribution in [0, 0.1) is 12.8 Å². The van der Waals surface area contributed by atoms with Crippen LogP contribution >= 0.6 is 11.6 Å². The predicted molar refractivity (Wildman–Crippen MR) is 75.6 cm³/mol. The summed E-state index contributed by atoms with van der Waals surface area (Å²) in [6.45, 7) is 1.86. The third-order valence-corrected chi connectivity index (χ3v) is 4.00. The van der Waals surface area contributed by atoms with Crippen molar-refractivity contribution in [2.75, 3.05) is 18.4 Å². The highest BCUT2D eigenvalue weighted by molar-refractivity contribution is 6.31. The number of alkyl halides is 3. The largest absolute Gasteiger partial charge is 0.393 e. The van der Waals surface area contributed by atoms with Crippen LogP contribution in [-0.2, 0) is 0 Å². The van der Waals surface area contributed by atoms with Crippen molar-refractivity contribution in [2.45, 2.75) is 25.9 Å². The summed E-state index contributed by atoms with van der Waals surface area (Å²) in [5, 5.41) is 3.09. The molecule has 116 valence electrons. The molecule has 1 atom stereocenters. The number of carbonyl (C=O) groups is 1. The lowest BCUT2D eigenvalue weighted by molar-refractivity contribution is -0.183. The second-order valence-electron chi connectivity index (χ2n) is 5.22. The van der Waals surface area contributed by atoms with Gasteiger partial charge in [0.15, 0.2) is 0 Å². The average molecular weight is 321 g/mol. The maximum atomic E-state index is 12.7. The Hall–Kier alpha value is -1.43. The highest BCUT2D eigenvalue weighted by atomic mass is 35.5. The molecule has 2 rings (SSSR count). The van der Waals surface area contributed by atoms with E-state index >= 15 is 0 Å². The van der Waals surface area contributed by atoms with Gasteiger partial charge < -0.3 is 10.2 Å². The van der Waals surface area contributed by atoms with E-state index in [4.69, 9.17) is 11.6 Å². The number of amides is 2. The number of benzene rings is 1. The van der Waals surface area contributed by atoms with Crippen molar-refractivity contribution in [3.05, 3.63) is 28.8 Å². The molecule has 0 aromatic heterocycles. The summed E-state index contributed by atoms with van der Waals surface area (Å²) in [7, 11) is 0. The summed E-state index contributed by atoms with van der Waals surface area (Å²) in [6, 6.07) is 4.47. The van der Waals surface area contributed by atoms with E-state index in [1.54, 1.807) is 18.2 Å². The Balaban J connectivity index is 2.01. The maximum absolute atomic E-state index is 12.7. The van der Waals surface area contributed by atoms with Crippen LogP contribution in [-0.4, -0.2) is 30.2 Å². The van der Waals surface area contributed by atoms with Crippen molar-refractivity contribution in [2.24, 2.45) is 5.92 Å². The van der Waals surface area contributed by atoms with Crippen molar-refractivity contribution in [3.63, 3.8) is 0 Å². The summed E-state index contributed by atoms with van der Waals surface area (Å²) in [5.74, 6) is -1.45. The molecule has 1 saturated heterocycles. The number of halogens is 4. The van der Waals surface area contributed by atoms with Gasteiger partial charge >= 0.3 is 12.2 Å². The lowest BCUT2D eigenvalue weighted by atomic mass is 9.98. The Morgan fingerprint density at radius 1 is 1.43 bits per heavy atom. The quantitative estimate of drug-likeness (QED) is 0.814. The van der Waals surface area contributed by atoms with Crippen molar-refractivity contribution in [1.29, 1.82) is 0 Å². The summed E-state index contributed by atoms with van der Waals surface area (Å²) < 4.78 is 38.2. The number of aryl methyl sites for hydroxylation is 1. The summed E-state index contributed by atoms with van der Waals surface area (Å²) in [4.78, 5) is 13.2. The molecule has 2 amide bonds. The number of piperidine rings is 1. The number of anilines is 1. The highest BCUT2D eigenvalue weighted by Crippen LogP contribution is 2.33. The van der Waals surface area contributed by atoms with E-state index in [0.29, 0.717) is 23.7 Å². The van der Waals surface area contributed by atoms with Crippen LogP contribution in [0.15, 0.2) is 18.2 Å². The molecule has 1 heterocycles. The van der Waals surface area contributed by atoms with Crippen molar-refractivity contribution in [1.82, 2.24) is 4.90 Å². The minimum atomic E-state index is -4.26. The molecule has 21 heavy (non-hydrogen) atoms. The first-order valence-corrected chi connectivity index (χ1v) is 7.04. The van der Waals surface area contributed by atoms with Crippen LogP contribution in [0.3, 0.4) is 0 Å². The first kappa shape index (κ1) is 15.9. The van der Waals surface area contributed by atoms with Crippen LogP contribution in [0.4, 0.5) is 23.7 Å². The van der Waals surface area contributed by atoms with Gasteiger partial charge in [-0.1, -0.05) is 17.7 Å². The number of urea groups is 1. The van der Waals surface area contributed by atoms with E-state index in [1.807, 2.05) is 6.92 Å². The van der Waals surface area contributed by atoms with Crippen molar-refractivity contribution < 1.29 is 18.0 Å². The molecule has 1 unspecified atom stereocenters. The van der Waals surface area contributed by atoms with Gasteiger partial charge in [0.25, 0.3) is 0 Å². The lowest BCUT2D eigenvalue weighted by Crippen LogP contribution is -2.46. The molecular formula is C14H16ClF3N2O. The highest BCUT2D eigenvalue weighted by Gasteiger charge is 2.42. The summed E-state index contributed by atoms with van der Waals surface area (Å²) >= 11 is 5.95. The van der Waals surface area contributed by atoms with Crippen LogP contribution in [0.5, 0.6) is 0 Å².